The predicted molar refractivity (Wildman–Crippen MR) is 41.4 cm³/mol. The van der Waals surface area contributed by atoms with Crippen LogP contribution in [-0.2, 0) is 0 Å². The minimum atomic E-state index is -1.90. The third-order valence-electron chi connectivity index (χ3n) is 1.29. The van der Waals surface area contributed by atoms with E-state index in [1.54, 1.807) is 18.2 Å². The molecular formula is C9H9F2O. The van der Waals surface area contributed by atoms with Gasteiger partial charge in [-0.3, -0.25) is 0 Å². The summed E-state index contributed by atoms with van der Waals surface area (Å²) in [5.74, 6) is 0.287. The van der Waals surface area contributed by atoms with Crippen molar-refractivity contribution in [1.29, 1.82) is 0 Å². The molecule has 0 amide bonds. The van der Waals surface area contributed by atoms with Crippen LogP contribution < -0.4 is 4.74 Å². The maximum absolute atomic E-state index is 12.6. The van der Waals surface area contributed by atoms with Gasteiger partial charge >= 0.3 is 0 Å². The van der Waals surface area contributed by atoms with Crippen molar-refractivity contribution in [2.24, 2.45) is 0 Å². The maximum atomic E-state index is 12.6. The molecule has 1 aromatic carbocycles. The van der Waals surface area contributed by atoms with Crippen molar-refractivity contribution in [2.45, 2.75) is 19.5 Å². The van der Waals surface area contributed by atoms with Gasteiger partial charge in [0.05, 0.1) is 0 Å². The van der Waals surface area contributed by atoms with Crippen LogP contribution in [0.4, 0.5) is 8.78 Å². The van der Waals surface area contributed by atoms with E-state index in [-0.39, 0.29) is 5.75 Å². The first kappa shape index (κ1) is 8.97. The van der Waals surface area contributed by atoms with Gasteiger partial charge in [-0.05, 0) is 25.1 Å². The molecule has 0 spiro atoms. The van der Waals surface area contributed by atoms with Crippen molar-refractivity contribution in [3.8, 4) is 5.75 Å². The van der Waals surface area contributed by atoms with Crippen molar-refractivity contribution in [3.05, 3.63) is 30.3 Å². The Balaban J connectivity index is 2.53. The van der Waals surface area contributed by atoms with E-state index in [9.17, 15) is 8.78 Å². The van der Waals surface area contributed by atoms with E-state index < -0.39 is 12.5 Å². The highest BCUT2D eigenvalue weighted by atomic mass is 19.2. The van der Waals surface area contributed by atoms with Crippen LogP contribution in [0.1, 0.15) is 6.92 Å². The Morgan fingerprint density at radius 2 is 2.25 bits per heavy atom. The predicted octanol–water partition coefficient (Wildman–Crippen LogP) is 2.52. The molecule has 2 unspecified atom stereocenters. The second-order valence-corrected chi connectivity index (χ2v) is 2.39. The third kappa shape index (κ3) is 2.49. The van der Waals surface area contributed by atoms with Gasteiger partial charge in [0.25, 0.3) is 6.36 Å². The lowest BCUT2D eigenvalue weighted by Crippen LogP contribution is -2.20. The minimum Gasteiger partial charge on any atom is -0.457 e. The van der Waals surface area contributed by atoms with Gasteiger partial charge in [0.1, 0.15) is 5.75 Å². The summed E-state index contributed by atoms with van der Waals surface area (Å²) in [6.45, 7) is 1.11. The first-order valence-corrected chi connectivity index (χ1v) is 3.61. The summed E-state index contributed by atoms with van der Waals surface area (Å²) in [7, 11) is 0. The molecule has 0 bridgehead atoms. The van der Waals surface area contributed by atoms with Crippen LogP contribution in [0.3, 0.4) is 0 Å². The molecule has 1 nitrogen and oxygen atoms in total. The van der Waals surface area contributed by atoms with Gasteiger partial charge in [-0.25, -0.2) is 4.39 Å². The number of alkyl halides is 2. The summed E-state index contributed by atoms with van der Waals surface area (Å²) in [5, 5.41) is 0. The summed E-state index contributed by atoms with van der Waals surface area (Å²) in [4.78, 5) is 0. The summed E-state index contributed by atoms with van der Waals surface area (Å²) in [6.07, 6.45) is -3.52. The molecule has 0 saturated carbocycles. The molecule has 65 valence electrons. The molecule has 0 aliphatic rings. The Kier molecular flexibility index (Phi) is 3.02. The Morgan fingerprint density at radius 1 is 1.50 bits per heavy atom. The van der Waals surface area contributed by atoms with Crippen LogP contribution in [0.25, 0.3) is 0 Å². The van der Waals surface area contributed by atoms with Gasteiger partial charge in [0.15, 0.2) is 6.17 Å². The van der Waals surface area contributed by atoms with Crippen LogP contribution in [0.15, 0.2) is 24.3 Å². The van der Waals surface area contributed by atoms with Crippen LogP contribution in [-0.4, -0.2) is 12.5 Å². The fraction of sp³-hybridized carbons (Fsp3) is 0.333. The molecule has 0 saturated heterocycles. The number of rotatable bonds is 3. The molecule has 3 heteroatoms. The Labute approximate surface area is 70.0 Å². The topological polar surface area (TPSA) is 9.23 Å². The molecule has 1 rings (SSSR count). The molecule has 0 heterocycles. The van der Waals surface area contributed by atoms with E-state index >= 15 is 0 Å². The average molecular weight is 171 g/mol. The summed E-state index contributed by atoms with van der Waals surface area (Å²) in [6, 6.07) is 8.99. The van der Waals surface area contributed by atoms with Crippen molar-refractivity contribution in [1.82, 2.24) is 0 Å². The fourth-order valence-corrected chi connectivity index (χ4v) is 0.674. The Morgan fingerprint density at radius 3 is 2.75 bits per heavy atom. The van der Waals surface area contributed by atoms with Crippen molar-refractivity contribution < 1.29 is 13.5 Å². The van der Waals surface area contributed by atoms with Gasteiger partial charge in [-0.1, -0.05) is 12.1 Å². The molecule has 0 N–H and O–H groups in total. The van der Waals surface area contributed by atoms with E-state index in [4.69, 9.17) is 0 Å². The number of hydrogen-bond acceptors (Lipinski definition) is 1. The number of benzene rings is 1. The Hall–Kier alpha value is -1.12. The van der Waals surface area contributed by atoms with E-state index in [1.165, 1.54) is 6.07 Å². The second kappa shape index (κ2) is 4.04. The SMILES string of the molecule is CC(F)C(F)Oc1c[c]ccc1. The van der Waals surface area contributed by atoms with Crippen molar-refractivity contribution in [3.63, 3.8) is 0 Å². The number of halogens is 2. The van der Waals surface area contributed by atoms with Crippen molar-refractivity contribution >= 4 is 0 Å². The van der Waals surface area contributed by atoms with Gasteiger partial charge in [0, 0.05) is 0 Å². The summed E-state index contributed by atoms with van der Waals surface area (Å²) >= 11 is 0. The summed E-state index contributed by atoms with van der Waals surface area (Å²) < 4.78 is 29.5. The third-order valence-corrected chi connectivity index (χ3v) is 1.29. The van der Waals surface area contributed by atoms with Crippen molar-refractivity contribution in [2.75, 3.05) is 0 Å². The minimum absolute atomic E-state index is 0.287. The molecule has 0 aliphatic carbocycles. The first-order chi connectivity index (χ1) is 5.70. The molecule has 0 aliphatic heterocycles. The first-order valence-electron chi connectivity index (χ1n) is 3.61. The van der Waals surface area contributed by atoms with E-state index in [0.717, 1.165) is 6.92 Å². The summed E-state index contributed by atoms with van der Waals surface area (Å²) in [5.41, 5.74) is 0. The maximum Gasteiger partial charge on any atom is 0.268 e. The number of hydrogen-bond donors (Lipinski definition) is 0. The van der Waals surface area contributed by atoms with E-state index in [2.05, 4.69) is 10.8 Å². The lowest BCUT2D eigenvalue weighted by atomic mass is 10.3. The standard InChI is InChI=1S/C9H9F2O/c1-7(10)9(11)12-8-5-3-2-4-6-8/h2-3,5-7,9H,1H3. The monoisotopic (exact) mass is 171 g/mol. The second-order valence-electron chi connectivity index (χ2n) is 2.39. The quantitative estimate of drug-likeness (QED) is 0.679. The van der Waals surface area contributed by atoms with Crippen LogP contribution in [0.2, 0.25) is 0 Å². The normalized spacial score (nSPS) is 15.2. The molecule has 0 aromatic heterocycles. The molecule has 2 atom stereocenters. The average Bonchev–Trinajstić information content (AvgIpc) is 2.06. The van der Waals surface area contributed by atoms with Gasteiger partial charge in [0.2, 0.25) is 0 Å². The molecule has 0 fully saturated rings. The van der Waals surface area contributed by atoms with Gasteiger partial charge in [-0.2, -0.15) is 4.39 Å². The van der Waals surface area contributed by atoms with Crippen LogP contribution in [0, 0.1) is 6.07 Å². The van der Waals surface area contributed by atoms with Crippen LogP contribution >= 0.6 is 0 Å². The smallest absolute Gasteiger partial charge is 0.268 e. The Bertz CT molecular complexity index is 223. The molecular weight excluding hydrogens is 162 g/mol. The molecule has 1 aromatic rings. The van der Waals surface area contributed by atoms with E-state index in [1.807, 2.05) is 0 Å². The van der Waals surface area contributed by atoms with Gasteiger partial charge < -0.3 is 4.74 Å². The van der Waals surface area contributed by atoms with Crippen LogP contribution in [0.5, 0.6) is 5.75 Å². The lowest BCUT2D eigenvalue weighted by molar-refractivity contribution is 0.00215. The largest absolute Gasteiger partial charge is 0.457 e. The zero-order chi connectivity index (χ0) is 8.97. The zero-order valence-corrected chi connectivity index (χ0v) is 6.63. The lowest BCUT2D eigenvalue weighted by Gasteiger charge is -2.11. The van der Waals surface area contributed by atoms with E-state index in [0.29, 0.717) is 0 Å². The highest BCUT2D eigenvalue weighted by Crippen LogP contribution is 2.13. The fourth-order valence-electron chi connectivity index (χ4n) is 0.674. The highest BCUT2D eigenvalue weighted by Gasteiger charge is 2.15. The molecule has 12 heavy (non-hydrogen) atoms. The highest BCUT2D eigenvalue weighted by molar-refractivity contribution is 5.20. The number of ether oxygens (including phenoxy) is 1. The molecule has 1 radical (unpaired) electrons. The van der Waals surface area contributed by atoms with Gasteiger partial charge in [-0.15, -0.1) is 0 Å². The zero-order valence-electron chi connectivity index (χ0n) is 6.63.